The van der Waals surface area contributed by atoms with Crippen LogP contribution in [0.3, 0.4) is 0 Å². The Labute approximate surface area is 303 Å². The van der Waals surface area contributed by atoms with E-state index in [9.17, 15) is 19.8 Å². The molecule has 52 heavy (non-hydrogen) atoms. The van der Waals surface area contributed by atoms with E-state index in [1.165, 1.54) is 66.9 Å². The monoisotopic (exact) mass is 718 g/mol. The van der Waals surface area contributed by atoms with E-state index >= 15 is 0 Å². The van der Waals surface area contributed by atoms with Crippen LogP contribution in [0.25, 0.3) is 0 Å². The lowest BCUT2D eigenvalue weighted by Crippen LogP contribution is -2.26. The number of carbonyl (C=O) groups excluding carboxylic acids is 2. The van der Waals surface area contributed by atoms with Gasteiger partial charge in [-0.3, -0.25) is 0 Å². The maximum atomic E-state index is 13.5. The van der Waals surface area contributed by atoms with Crippen LogP contribution in [0.4, 0.5) is 0 Å². The molecule has 0 saturated carbocycles. The van der Waals surface area contributed by atoms with E-state index in [2.05, 4.69) is 0 Å². The van der Waals surface area contributed by atoms with Gasteiger partial charge in [-0.2, -0.15) is 0 Å². The number of hydrogen-bond acceptors (Lipinski definition) is 12. The molecule has 0 saturated heterocycles. The predicted octanol–water partition coefficient (Wildman–Crippen LogP) is 6.66. The highest BCUT2D eigenvalue weighted by molar-refractivity contribution is 5.91. The molecule has 0 unspecified atom stereocenters. The highest BCUT2D eigenvalue weighted by atomic mass is 16.5. The minimum absolute atomic E-state index is 0.0599. The molecule has 4 rings (SSSR count). The number of rotatable bonds is 19. The fourth-order valence-electron chi connectivity index (χ4n) is 5.99. The molecule has 12 heteroatoms. The third kappa shape index (κ3) is 10.1. The first-order valence-corrected chi connectivity index (χ1v) is 16.6. The number of esters is 2. The number of methoxy groups -OCH3 is 6. The summed E-state index contributed by atoms with van der Waals surface area (Å²) in [5.74, 6) is 0.940. The highest BCUT2D eigenvalue weighted by Crippen LogP contribution is 2.40. The second-order valence-corrected chi connectivity index (χ2v) is 12.0. The quantitative estimate of drug-likeness (QED) is 0.0789. The van der Waals surface area contributed by atoms with Crippen LogP contribution in [-0.4, -0.2) is 78.0 Å². The molecular weight excluding hydrogens is 672 g/mol. The van der Waals surface area contributed by atoms with Crippen molar-refractivity contribution in [1.82, 2.24) is 0 Å². The van der Waals surface area contributed by atoms with Gasteiger partial charge < -0.3 is 48.1 Å². The minimum Gasteiger partial charge on any atom is -0.508 e. The van der Waals surface area contributed by atoms with Crippen molar-refractivity contribution in [3.63, 3.8) is 0 Å². The van der Waals surface area contributed by atoms with Crippen molar-refractivity contribution >= 4 is 11.9 Å². The summed E-state index contributed by atoms with van der Waals surface area (Å²) in [6.45, 7) is 0.184. The molecule has 4 aromatic rings. The van der Waals surface area contributed by atoms with E-state index in [-0.39, 0.29) is 47.7 Å². The summed E-state index contributed by atoms with van der Waals surface area (Å²) in [7, 11) is 8.84. The summed E-state index contributed by atoms with van der Waals surface area (Å²) in [5, 5.41) is 19.8. The third-order valence-corrected chi connectivity index (χ3v) is 8.72. The van der Waals surface area contributed by atoms with Gasteiger partial charge in [-0.1, -0.05) is 24.3 Å². The van der Waals surface area contributed by atoms with E-state index in [4.69, 9.17) is 37.9 Å². The number of ether oxygens (including phenoxy) is 8. The minimum atomic E-state index is -0.572. The van der Waals surface area contributed by atoms with Gasteiger partial charge in [-0.25, -0.2) is 9.59 Å². The van der Waals surface area contributed by atoms with Gasteiger partial charge in [0.15, 0.2) is 23.0 Å². The molecule has 278 valence electrons. The maximum Gasteiger partial charge on any atom is 0.338 e. The number of aromatic hydroxyl groups is 2. The summed E-state index contributed by atoms with van der Waals surface area (Å²) in [6.07, 6.45) is 2.22. The van der Waals surface area contributed by atoms with Crippen LogP contribution in [0.1, 0.15) is 44.7 Å². The third-order valence-electron chi connectivity index (χ3n) is 8.72. The zero-order chi connectivity index (χ0) is 37.6. The van der Waals surface area contributed by atoms with Crippen molar-refractivity contribution < 1.29 is 57.7 Å². The predicted molar refractivity (Wildman–Crippen MR) is 193 cm³/mol. The zero-order valence-electron chi connectivity index (χ0n) is 30.3. The Bertz CT molecular complexity index is 1720. The summed E-state index contributed by atoms with van der Waals surface area (Å²) in [5.41, 5.74) is 2.39. The zero-order valence-corrected chi connectivity index (χ0v) is 30.3. The van der Waals surface area contributed by atoms with Gasteiger partial charge in [0.05, 0.1) is 67.0 Å². The summed E-state index contributed by atoms with van der Waals surface area (Å²) < 4.78 is 44.0. The molecule has 2 N–H and O–H groups in total. The van der Waals surface area contributed by atoms with E-state index < -0.39 is 11.9 Å². The van der Waals surface area contributed by atoms with Crippen molar-refractivity contribution in [2.75, 3.05) is 55.9 Å². The largest absolute Gasteiger partial charge is 0.508 e. The molecule has 0 radical (unpaired) electrons. The van der Waals surface area contributed by atoms with Crippen LogP contribution < -0.4 is 28.4 Å². The molecule has 0 aliphatic carbocycles. The molecule has 12 nitrogen and oxygen atoms in total. The Kier molecular flexibility index (Phi) is 14.3. The Hall–Kier alpha value is -5.78. The number of phenolic OH excluding ortho intramolecular Hbond substituents is 2. The van der Waals surface area contributed by atoms with Gasteiger partial charge in [-0.05, 0) is 91.3 Å². The molecule has 0 aliphatic rings. The fourth-order valence-corrected chi connectivity index (χ4v) is 5.99. The first kappa shape index (κ1) is 39.0. The van der Waals surface area contributed by atoms with Crippen molar-refractivity contribution in [1.29, 1.82) is 0 Å². The van der Waals surface area contributed by atoms with Crippen LogP contribution in [-0.2, 0) is 22.3 Å². The molecule has 0 spiro atoms. The van der Waals surface area contributed by atoms with Gasteiger partial charge in [-0.15, -0.1) is 0 Å². The van der Waals surface area contributed by atoms with Crippen LogP contribution in [0.15, 0.2) is 72.8 Å². The van der Waals surface area contributed by atoms with Gasteiger partial charge >= 0.3 is 11.9 Å². The lowest BCUT2D eigenvalue weighted by Gasteiger charge is -2.28. The number of phenols is 2. The summed E-state index contributed by atoms with van der Waals surface area (Å²) in [4.78, 5) is 26.6. The van der Waals surface area contributed by atoms with Gasteiger partial charge in [0.1, 0.15) is 11.5 Å². The average Bonchev–Trinajstić information content (AvgIpc) is 3.17. The lowest BCUT2D eigenvalue weighted by atomic mass is 9.80. The van der Waals surface area contributed by atoms with Crippen LogP contribution >= 0.6 is 0 Å². The molecule has 0 fully saturated rings. The Morgan fingerprint density at radius 2 is 0.923 bits per heavy atom. The molecule has 0 aliphatic heterocycles. The van der Waals surface area contributed by atoms with Gasteiger partial charge in [0.25, 0.3) is 0 Å². The van der Waals surface area contributed by atoms with Gasteiger partial charge in [0, 0.05) is 5.92 Å². The fraction of sp³-hybridized carbons (Fsp3) is 0.350. The standard InChI is InChI=1S/C40H46O12/c1-45-33-20-28(21-34(46-2)37(33)49-5)39(43)51-17-7-8-27(18-25-9-13-31(41)14-10-25)30(19-26-11-15-32(42)16-12-26)24-52-40(44)29-22-35(47-3)38(50-6)36(23-29)48-4/h9-16,20-23,27,30,41-42H,7-8,17-19,24H2,1-6H3/t27-,30+/m1/s1. The molecule has 0 amide bonds. The molecule has 2 atom stereocenters. The van der Waals surface area contributed by atoms with E-state index in [0.717, 1.165) is 11.1 Å². The molecule has 0 bridgehead atoms. The first-order valence-electron chi connectivity index (χ1n) is 16.6. The maximum absolute atomic E-state index is 13.5. The molecule has 0 aromatic heterocycles. The van der Waals surface area contributed by atoms with Crippen LogP contribution in [0, 0.1) is 11.8 Å². The summed E-state index contributed by atoms with van der Waals surface area (Å²) in [6, 6.07) is 20.0. The van der Waals surface area contributed by atoms with Crippen molar-refractivity contribution in [2.24, 2.45) is 11.8 Å². The molecular formula is C40H46O12. The van der Waals surface area contributed by atoms with Crippen molar-refractivity contribution in [3.8, 4) is 46.0 Å². The second-order valence-electron chi connectivity index (χ2n) is 12.0. The Morgan fingerprint density at radius 3 is 1.31 bits per heavy atom. The Morgan fingerprint density at radius 1 is 0.538 bits per heavy atom. The number of carbonyl (C=O) groups is 2. The van der Waals surface area contributed by atoms with E-state index in [1.807, 2.05) is 24.3 Å². The van der Waals surface area contributed by atoms with Gasteiger partial charge in [0.2, 0.25) is 11.5 Å². The van der Waals surface area contributed by atoms with Crippen molar-refractivity contribution in [2.45, 2.75) is 25.7 Å². The summed E-state index contributed by atoms with van der Waals surface area (Å²) >= 11 is 0. The average molecular weight is 719 g/mol. The smallest absolute Gasteiger partial charge is 0.338 e. The van der Waals surface area contributed by atoms with Crippen LogP contribution in [0.2, 0.25) is 0 Å². The number of hydrogen-bond donors (Lipinski definition) is 2. The lowest BCUT2D eigenvalue weighted by molar-refractivity contribution is 0.0361. The first-order chi connectivity index (χ1) is 25.1. The normalized spacial score (nSPS) is 11.9. The van der Waals surface area contributed by atoms with Crippen molar-refractivity contribution in [3.05, 3.63) is 95.1 Å². The molecule has 0 heterocycles. The van der Waals surface area contributed by atoms with Crippen LogP contribution in [0.5, 0.6) is 46.0 Å². The van der Waals surface area contributed by atoms with E-state index in [1.54, 1.807) is 24.3 Å². The topological polar surface area (TPSA) is 148 Å². The Balaban J connectivity index is 1.56. The molecule has 4 aromatic carbocycles. The second kappa shape index (κ2) is 19.0. The highest BCUT2D eigenvalue weighted by Gasteiger charge is 2.26. The number of benzene rings is 4. The van der Waals surface area contributed by atoms with E-state index in [0.29, 0.717) is 60.2 Å². The SMILES string of the molecule is COc1cc(C(=O)OCCC[C@H](Cc2ccc(O)cc2)[C@H](COC(=O)c2cc(OC)c(OC)c(OC)c2)Cc2ccc(O)cc2)cc(OC)c1OC.